The van der Waals surface area contributed by atoms with E-state index in [1.54, 1.807) is 7.11 Å². The molecule has 4 nitrogen and oxygen atoms in total. The number of nitrogens with one attached hydrogen (secondary N) is 1. The molecule has 1 atom stereocenters. The predicted molar refractivity (Wildman–Crippen MR) is 90.2 cm³/mol. The van der Waals surface area contributed by atoms with Gasteiger partial charge in [0.2, 0.25) is 5.91 Å². The van der Waals surface area contributed by atoms with Crippen LogP contribution in [0.3, 0.4) is 0 Å². The monoisotopic (exact) mass is 376 g/mol. The molecule has 1 saturated heterocycles. The Hall–Kier alpha value is -0.780. The highest BCUT2D eigenvalue weighted by Crippen LogP contribution is 2.38. The second-order valence-electron chi connectivity index (χ2n) is 4.98. The molecule has 0 radical (unpaired) electrons. The van der Waals surface area contributed by atoms with Crippen molar-refractivity contribution in [2.24, 2.45) is 0 Å². The molecule has 1 aromatic carbocycles. The topological polar surface area (TPSA) is 41.6 Å². The van der Waals surface area contributed by atoms with Gasteiger partial charge in [-0.15, -0.1) is 12.4 Å². The fourth-order valence-corrected chi connectivity index (χ4v) is 3.11. The molecule has 1 aliphatic rings. The summed E-state index contributed by atoms with van der Waals surface area (Å²) in [6.45, 7) is 1.56. The van der Waals surface area contributed by atoms with Crippen molar-refractivity contribution in [1.29, 1.82) is 0 Å². The van der Waals surface area contributed by atoms with Crippen LogP contribution in [0, 0.1) is 0 Å². The molecular formula is C15H22BrClN2O2. The number of nitrogens with zero attached hydrogens (tertiary/aromatic N) is 1. The minimum atomic E-state index is 0. The van der Waals surface area contributed by atoms with E-state index in [4.69, 9.17) is 4.74 Å². The van der Waals surface area contributed by atoms with Crippen molar-refractivity contribution >= 4 is 34.2 Å². The molecule has 2 rings (SSSR count). The molecule has 1 aliphatic heterocycles. The van der Waals surface area contributed by atoms with E-state index < -0.39 is 0 Å². The summed E-state index contributed by atoms with van der Waals surface area (Å²) in [5, 5.41) is 3.03. The summed E-state index contributed by atoms with van der Waals surface area (Å²) in [6, 6.07) is 6.11. The standard InChI is InChI=1S/C15H21BrN2O2.ClH/c1-17-8-7-15(19)18-9-3-4-13(18)12-10-11(16)5-6-14(12)20-2;/h5-6,10,13,17H,3-4,7-9H2,1-2H3;1H. The molecule has 118 valence electrons. The highest BCUT2D eigenvalue weighted by Gasteiger charge is 2.31. The van der Waals surface area contributed by atoms with Crippen LogP contribution in [0.25, 0.3) is 0 Å². The third-order valence-electron chi connectivity index (χ3n) is 3.71. The Bertz CT molecular complexity index is 485. The number of benzene rings is 1. The number of ether oxygens (including phenoxy) is 1. The van der Waals surface area contributed by atoms with Gasteiger partial charge in [-0.25, -0.2) is 0 Å². The van der Waals surface area contributed by atoms with Crippen molar-refractivity contribution in [2.45, 2.75) is 25.3 Å². The molecular weight excluding hydrogens is 356 g/mol. The molecule has 0 aliphatic carbocycles. The van der Waals surface area contributed by atoms with Gasteiger partial charge in [-0.05, 0) is 38.1 Å². The number of hydrogen-bond donors (Lipinski definition) is 1. The van der Waals surface area contributed by atoms with E-state index in [1.165, 1.54) is 0 Å². The van der Waals surface area contributed by atoms with Gasteiger partial charge in [-0.1, -0.05) is 15.9 Å². The van der Waals surface area contributed by atoms with E-state index in [-0.39, 0.29) is 24.4 Å². The Kier molecular flexibility index (Phi) is 7.49. The first-order valence-corrected chi connectivity index (χ1v) is 7.74. The van der Waals surface area contributed by atoms with Crippen LogP contribution in [0.1, 0.15) is 30.9 Å². The molecule has 1 fully saturated rings. The fraction of sp³-hybridized carbons (Fsp3) is 0.533. The summed E-state index contributed by atoms with van der Waals surface area (Å²) in [5.74, 6) is 1.07. The number of likely N-dealkylation sites (tertiary alicyclic amines) is 1. The molecule has 1 amide bonds. The van der Waals surface area contributed by atoms with E-state index in [9.17, 15) is 4.79 Å². The van der Waals surface area contributed by atoms with Crippen LogP contribution in [-0.4, -0.2) is 38.1 Å². The maximum absolute atomic E-state index is 12.3. The normalized spacial score (nSPS) is 17.5. The van der Waals surface area contributed by atoms with Crippen molar-refractivity contribution in [3.63, 3.8) is 0 Å². The lowest BCUT2D eigenvalue weighted by Gasteiger charge is -2.26. The number of rotatable bonds is 5. The lowest BCUT2D eigenvalue weighted by atomic mass is 10.0. The summed E-state index contributed by atoms with van der Waals surface area (Å²) >= 11 is 3.50. The zero-order chi connectivity index (χ0) is 14.5. The van der Waals surface area contributed by atoms with Gasteiger partial charge in [0.15, 0.2) is 0 Å². The van der Waals surface area contributed by atoms with Crippen molar-refractivity contribution in [2.75, 3.05) is 27.2 Å². The van der Waals surface area contributed by atoms with Gasteiger partial charge in [0, 0.05) is 29.5 Å². The SMILES string of the molecule is CNCCC(=O)N1CCCC1c1cc(Br)ccc1OC.Cl. The van der Waals surface area contributed by atoms with Gasteiger partial charge in [-0.3, -0.25) is 4.79 Å². The number of carbonyl (C=O) groups is 1. The van der Waals surface area contributed by atoms with Gasteiger partial charge < -0.3 is 15.0 Å². The van der Waals surface area contributed by atoms with Gasteiger partial charge >= 0.3 is 0 Å². The van der Waals surface area contributed by atoms with Crippen molar-refractivity contribution in [1.82, 2.24) is 10.2 Å². The van der Waals surface area contributed by atoms with Gasteiger partial charge in [0.1, 0.15) is 5.75 Å². The summed E-state index contributed by atoms with van der Waals surface area (Å²) in [4.78, 5) is 14.3. The molecule has 0 aromatic heterocycles. The molecule has 21 heavy (non-hydrogen) atoms. The highest BCUT2D eigenvalue weighted by atomic mass is 79.9. The fourth-order valence-electron chi connectivity index (χ4n) is 2.73. The van der Waals surface area contributed by atoms with E-state index in [0.29, 0.717) is 6.42 Å². The third kappa shape index (κ3) is 4.34. The van der Waals surface area contributed by atoms with E-state index >= 15 is 0 Å². The number of carbonyl (C=O) groups excluding carboxylic acids is 1. The van der Waals surface area contributed by atoms with Gasteiger partial charge in [0.05, 0.1) is 13.2 Å². The van der Waals surface area contributed by atoms with Crippen LogP contribution in [0.15, 0.2) is 22.7 Å². The van der Waals surface area contributed by atoms with E-state index in [2.05, 4.69) is 27.3 Å². The smallest absolute Gasteiger partial charge is 0.224 e. The number of amides is 1. The zero-order valence-electron chi connectivity index (χ0n) is 12.4. The van der Waals surface area contributed by atoms with Crippen LogP contribution in [0.5, 0.6) is 5.75 Å². The summed E-state index contributed by atoms with van der Waals surface area (Å²) < 4.78 is 6.47. The largest absolute Gasteiger partial charge is 0.496 e. The summed E-state index contributed by atoms with van der Waals surface area (Å²) in [6.07, 6.45) is 2.59. The van der Waals surface area contributed by atoms with Crippen molar-refractivity contribution in [3.8, 4) is 5.75 Å². The van der Waals surface area contributed by atoms with Crippen molar-refractivity contribution in [3.05, 3.63) is 28.2 Å². The molecule has 1 heterocycles. The molecule has 0 spiro atoms. The van der Waals surface area contributed by atoms with Crippen LogP contribution < -0.4 is 10.1 Å². The average Bonchev–Trinajstić information content (AvgIpc) is 2.94. The van der Waals surface area contributed by atoms with Crippen LogP contribution in [0.2, 0.25) is 0 Å². The maximum Gasteiger partial charge on any atom is 0.224 e. The molecule has 1 unspecified atom stereocenters. The predicted octanol–water partition coefficient (Wildman–Crippen LogP) is 3.15. The second-order valence-corrected chi connectivity index (χ2v) is 5.90. The van der Waals surface area contributed by atoms with Crippen LogP contribution in [0.4, 0.5) is 0 Å². The van der Waals surface area contributed by atoms with Crippen LogP contribution >= 0.6 is 28.3 Å². The minimum absolute atomic E-state index is 0. The van der Waals surface area contributed by atoms with Gasteiger partial charge in [0.25, 0.3) is 0 Å². The Morgan fingerprint density at radius 3 is 2.95 bits per heavy atom. The molecule has 1 N–H and O–H groups in total. The quantitative estimate of drug-likeness (QED) is 0.857. The molecule has 1 aromatic rings. The summed E-state index contributed by atoms with van der Waals surface area (Å²) in [5.41, 5.74) is 1.09. The Morgan fingerprint density at radius 1 is 1.52 bits per heavy atom. The molecule has 6 heteroatoms. The minimum Gasteiger partial charge on any atom is -0.496 e. The van der Waals surface area contributed by atoms with E-state index in [0.717, 1.165) is 41.7 Å². The first kappa shape index (κ1) is 18.3. The van der Waals surface area contributed by atoms with Crippen molar-refractivity contribution < 1.29 is 9.53 Å². The summed E-state index contributed by atoms with van der Waals surface area (Å²) in [7, 11) is 3.54. The Labute approximate surface area is 140 Å². The first-order valence-electron chi connectivity index (χ1n) is 6.95. The number of halogens is 2. The molecule has 0 saturated carbocycles. The van der Waals surface area contributed by atoms with Crippen LogP contribution in [-0.2, 0) is 4.79 Å². The lowest BCUT2D eigenvalue weighted by Crippen LogP contribution is -2.32. The first-order chi connectivity index (χ1) is 9.67. The lowest BCUT2D eigenvalue weighted by molar-refractivity contribution is -0.132. The molecule has 0 bridgehead atoms. The number of methoxy groups -OCH3 is 1. The zero-order valence-corrected chi connectivity index (χ0v) is 14.8. The number of hydrogen-bond acceptors (Lipinski definition) is 3. The maximum atomic E-state index is 12.3. The van der Waals surface area contributed by atoms with E-state index in [1.807, 2.05) is 24.1 Å². The Morgan fingerprint density at radius 2 is 2.29 bits per heavy atom. The van der Waals surface area contributed by atoms with Gasteiger partial charge in [-0.2, -0.15) is 0 Å². The Balaban J connectivity index is 0.00000220. The third-order valence-corrected chi connectivity index (χ3v) is 4.21. The average molecular weight is 378 g/mol. The highest BCUT2D eigenvalue weighted by molar-refractivity contribution is 9.10. The second kappa shape index (κ2) is 8.61.